The van der Waals surface area contributed by atoms with Crippen LogP contribution in [-0.4, -0.2) is 25.7 Å². The predicted octanol–water partition coefficient (Wildman–Crippen LogP) is 3.17. The Morgan fingerprint density at radius 3 is 2.54 bits per heavy atom. The average molecular weight is 354 g/mol. The highest BCUT2D eigenvalue weighted by Crippen LogP contribution is 2.42. The van der Waals surface area contributed by atoms with Crippen molar-refractivity contribution in [3.8, 4) is 0 Å². The number of benzene rings is 2. The predicted molar refractivity (Wildman–Crippen MR) is 97.5 cm³/mol. The Morgan fingerprint density at radius 2 is 1.81 bits per heavy atom. The van der Waals surface area contributed by atoms with Crippen LogP contribution in [0.25, 0.3) is 0 Å². The van der Waals surface area contributed by atoms with Gasteiger partial charge in [0.25, 0.3) is 0 Å². The first-order valence-corrected chi connectivity index (χ1v) is 8.43. The highest BCUT2D eigenvalue weighted by atomic mass is 16.6. The number of nitrogens with one attached hydrogen (secondary N) is 1. The van der Waals surface area contributed by atoms with Gasteiger partial charge in [-0.2, -0.15) is 0 Å². The fourth-order valence-corrected chi connectivity index (χ4v) is 3.33. The van der Waals surface area contributed by atoms with Crippen LogP contribution in [0.3, 0.4) is 0 Å². The van der Waals surface area contributed by atoms with Gasteiger partial charge in [0.2, 0.25) is 5.91 Å². The molecule has 2 amide bonds. The van der Waals surface area contributed by atoms with E-state index in [1.165, 1.54) is 7.11 Å². The number of hydrogen-bond donors (Lipinski definition) is 1. The second-order valence-corrected chi connectivity index (χ2v) is 6.61. The van der Waals surface area contributed by atoms with Gasteiger partial charge in [0.05, 0.1) is 19.4 Å². The molecule has 0 bridgehead atoms. The summed E-state index contributed by atoms with van der Waals surface area (Å²) < 4.78 is 4.86. The third-order valence-electron chi connectivity index (χ3n) is 4.57. The smallest absolute Gasteiger partial charge is 0.414 e. The number of methoxy groups -OCH3 is 1. The topological polar surface area (TPSA) is 67.9 Å². The van der Waals surface area contributed by atoms with Crippen LogP contribution in [0.1, 0.15) is 24.5 Å². The fourth-order valence-electron chi connectivity index (χ4n) is 3.33. The van der Waals surface area contributed by atoms with Crippen LogP contribution in [0.4, 0.5) is 10.5 Å². The second-order valence-electron chi connectivity index (χ2n) is 6.61. The zero-order chi connectivity index (χ0) is 18.6. The minimum Gasteiger partial charge on any atom is -0.452 e. The number of ether oxygens (including phenoxy) is 1. The lowest BCUT2D eigenvalue weighted by molar-refractivity contribution is -0.135. The van der Waals surface area contributed by atoms with Gasteiger partial charge < -0.3 is 4.74 Å². The molecule has 1 unspecified atom stereocenters. The molecule has 0 fully saturated rings. The zero-order valence-corrected chi connectivity index (χ0v) is 14.9. The Morgan fingerprint density at radius 1 is 1.12 bits per heavy atom. The van der Waals surface area contributed by atoms with Crippen molar-refractivity contribution in [1.29, 1.82) is 0 Å². The van der Waals surface area contributed by atoms with E-state index >= 15 is 0 Å². The molecule has 6 heteroatoms. The van der Waals surface area contributed by atoms with Gasteiger partial charge in [-0.1, -0.05) is 55.5 Å². The molecule has 0 radical (unpaired) electrons. The van der Waals surface area contributed by atoms with E-state index in [2.05, 4.69) is 5.48 Å². The Hall–Kier alpha value is -2.86. The van der Waals surface area contributed by atoms with Gasteiger partial charge in [0.15, 0.2) is 0 Å². The highest BCUT2D eigenvalue weighted by molar-refractivity contribution is 5.92. The third-order valence-corrected chi connectivity index (χ3v) is 4.57. The minimum atomic E-state index is -0.509. The van der Waals surface area contributed by atoms with Gasteiger partial charge in [0, 0.05) is 18.4 Å². The van der Waals surface area contributed by atoms with Crippen molar-refractivity contribution in [3.05, 3.63) is 65.7 Å². The first kappa shape index (κ1) is 17.9. The van der Waals surface area contributed by atoms with Crippen LogP contribution in [0.15, 0.2) is 54.6 Å². The monoisotopic (exact) mass is 354 g/mol. The summed E-state index contributed by atoms with van der Waals surface area (Å²) in [6.07, 6.45) is -0.228. The number of rotatable bonds is 5. The molecule has 0 aromatic heterocycles. The number of nitrogens with zero attached hydrogens (tertiary/aromatic N) is 1. The lowest BCUT2D eigenvalue weighted by Crippen LogP contribution is -2.39. The van der Waals surface area contributed by atoms with Gasteiger partial charge in [-0.25, -0.2) is 10.3 Å². The summed E-state index contributed by atoms with van der Waals surface area (Å²) in [7, 11) is 1.35. The van der Waals surface area contributed by atoms with Crippen LogP contribution in [0.2, 0.25) is 0 Å². The largest absolute Gasteiger partial charge is 0.452 e. The zero-order valence-electron chi connectivity index (χ0n) is 14.9. The standard InChI is InChI=1S/C20H22N2O4/c1-20(12-18(23)21-26-13-15-8-4-3-5-9-15)14-22(19(24)25-2)17-11-7-6-10-16(17)20/h3-11H,12-14H2,1-2H3,(H,21,23). The van der Waals surface area contributed by atoms with Crippen molar-refractivity contribution >= 4 is 17.7 Å². The third kappa shape index (κ3) is 3.70. The minimum absolute atomic E-state index is 0.201. The van der Waals surface area contributed by atoms with E-state index in [0.29, 0.717) is 13.2 Å². The van der Waals surface area contributed by atoms with Gasteiger partial charge in [-0.3, -0.25) is 14.5 Å². The molecule has 26 heavy (non-hydrogen) atoms. The molecule has 0 aliphatic carbocycles. The first-order valence-electron chi connectivity index (χ1n) is 8.43. The van der Waals surface area contributed by atoms with Gasteiger partial charge in [0.1, 0.15) is 0 Å². The van der Waals surface area contributed by atoms with Crippen LogP contribution < -0.4 is 10.4 Å². The maximum absolute atomic E-state index is 12.4. The number of hydrogen-bond acceptors (Lipinski definition) is 4. The molecule has 1 aliphatic heterocycles. The molecule has 0 saturated heterocycles. The van der Waals surface area contributed by atoms with Crippen LogP contribution in [-0.2, 0) is 26.4 Å². The Balaban J connectivity index is 1.65. The van der Waals surface area contributed by atoms with E-state index in [4.69, 9.17) is 9.57 Å². The van der Waals surface area contributed by atoms with E-state index in [1.807, 2.05) is 61.5 Å². The molecular formula is C20H22N2O4. The molecule has 1 N–H and O–H groups in total. The van der Waals surface area contributed by atoms with Gasteiger partial charge >= 0.3 is 6.09 Å². The summed E-state index contributed by atoms with van der Waals surface area (Å²) >= 11 is 0. The molecule has 2 aromatic rings. The highest BCUT2D eigenvalue weighted by Gasteiger charge is 2.43. The summed E-state index contributed by atoms with van der Waals surface area (Å²) in [5, 5.41) is 0. The normalized spacial score (nSPS) is 18.3. The number of carbonyl (C=O) groups excluding carboxylic acids is 2. The molecule has 136 valence electrons. The van der Waals surface area contributed by atoms with Crippen LogP contribution >= 0.6 is 0 Å². The lowest BCUT2D eigenvalue weighted by Gasteiger charge is -2.24. The van der Waals surface area contributed by atoms with Crippen molar-refractivity contribution in [2.45, 2.75) is 25.4 Å². The van der Waals surface area contributed by atoms with Gasteiger partial charge in [-0.05, 0) is 17.2 Å². The van der Waals surface area contributed by atoms with E-state index in [0.717, 1.165) is 16.8 Å². The Kier molecular flexibility index (Phi) is 5.23. The fraction of sp³-hybridized carbons (Fsp3) is 0.300. The van der Waals surface area contributed by atoms with Crippen LogP contribution in [0, 0.1) is 0 Å². The number of amides is 2. The first-order chi connectivity index (χ1) is 12.5. The number of fused-ring (bicyclic) bond motifs is 1. The van der Waals surface area contributed by atoms with Crippen molar-refractivity contribution in [1.82, 2.24) is 5.48 Å². The summed E-state index contributed by atoms with van der Waals surface area (Å²) in [5.74, 6) is -0.232. The molecule has 3 rings (SSSR count). The lowest BCUT2D eigenvalue weighted by atomic mass is 9.81. The number of carbonyl (C=O) groups is 2. The maximum atomic E-state index is 12.4. The Bertz CT molecular complexity index is 793. The molecule has 6 nitrogen and oxygen atoms in total. The van der Waals surface area contributed by atoms with E-state index in [9.17, 15) is 9.59 Å². The molecule has 0 spiro atoms. The molecule has 1 aliphatic rings. The number of hydroxylamine groups is 1. The molecule has 1 atom stereocenters. The molecular weight excluding hydrogens is 332 g/mol. The Labute approximate surface area is 152 Å². The summed E-state index contributed by atoms with van der Waals surface area (Å²) in [6, 6.07) is 17.2. The van der Waals surface area contributed by atoms with E-state index in [-0.39, 0.29) is 12.3 Å². The summed E-state index contributed by atoms with van der Waals surface area (Å²) in [6.45, 7) is 2.64. The molecule has 1 heterocycles. The van der Waals surface area contributed by atoms with Crippen molar-refractivity contribution < 1.29 is 19.2 Å². The maximum Gasteiger partial charge on any atom is 0.414 e. The van der Waals surface area contributed by atoms with Crippen molar-refractivity contribution in [2.75, 3.05) is 18.6 Å². The van der Waals surface area contributed by atoms with E-state index < -0.39 is 11.5 Å². The average Bonchev–Trinajstić information content (AvgIpc) is 2.95. The van der Waals surface area contributed by atoms with Crippen molar-refractivity contribution in [3.63, 3.8) is 0 Å². The molecule has 0 saturated carbocycles. The summed E-state index contributed by atoms with van der Waals surface area (Å²) in [4.78, 5) is 31.3. The van der Waals surface area contributed by atoms with Crippen LogP contribution in [0.5, 0.6) is 0 Å². The number of para-hydroxylation sites is 1. The SMILES string of the molecule is COC(=O)N1CC(C)(CC(=O)NOCc2ccccc2)c2ccccc21. The van der Waals surface area contributed by atoms with Gasteiger partial charge in [-0.15, -0.1) is 0 Å². The van der Waals surface area contributed by atoms with E-state index in [1.54, 1.807) is 4.90 Å². The molecule has 2 aromatic carbocycles. The quantitative estimate of drug-likeness (QED) is 0.838. The number of anilines is 1. The summed E-state index contributed by atoms with van der Waals surface area (Å²) in [5.41, 5.74) is 4.69. The van der Waals surface area contributed by atoms with Crippen molar-refractivity contribution in [2.24, 2.45) is 0 Å². The second kappa shape index (κ2) is 7.58.